The number of amides is 3. The van der Waals surface area contributed by atoms with E-state index in [1.54, 1.807) is 0 Å². The second kappa shape index (κ2) is 9.71. The van der Waals surface area contributed by atoms with Crippen molar-refractivity contribution in [2.24, 2.45) is 5.73 Å². The quantitative estimate of drug-likeness (QED) is 0.221. The van der Waals surface area contributed by atoms with E-state index in [1.807, 2.05) is 5.32 Å². The van der Waals surface area contributed by atoms with Gasteiger partial charge in [-0.3, -0.25) is 14.4 Å². The fraction of sp³-hybridized carbons (Fsp3) is 0.667. The molecule has 0 spiro atoms. The highest BCUT2D eigenvalue weighted by Crippen LogP contribution is 1.92. The number of rotatable bonds is 9. The molecule has 132 valence electrons. The number of nitrogens with one attached hydrogen (secondary N) is 3. The average molecular weight is 334 g/mol. The summed E-state index contributed by atoms with van der Waals surface area (Å²) in [6.07, 6.45) is -2.40. The second-order valence-corrected chi connectivity index (χ2v) is 4.88. The number of carboxylic acids is 1. The van der Waals surface area contributed by atoms with Crippen LogP contribution in [0.2, 0.25) is 0 Å². The lowest BCUT2D eigenvalue weighted by atomic mass is 10.2. The van der Waals surface area contributed by atoms with Crippen LogP contribution in [-0.2, 0) is 19.2 Å². The standard InChI is InChI=1S/C12H22N4O7/c1-5(17)9(13)11(21)15-3-7(19)14-4-8(20)16-10(6(2)18)12(22)23/h5-6,9-10,17-18H,3-4,13H2,1-2H3,(H,14,19)(H,15,21)(H,16,20)(H,22,23). The van der Waals surface area contributed by atoms with Gasteiger partial charge in [-0.1, -0.05) is 0 Å². The summed E-state index contributed by atoms with van der Waals surface area (Å²) in [6.45, 7) is 1.51. The first-order chi connectivity index (χ1) is 10.6. The Labute approximate surface area is 132 Å². The number of nitrogens with two attached hydrogens (primary N) is 1. The fourth-order valence-electron chi connectivity index (χ4n) is 1.36. The minimum atomic E-state index is -1.50. The van der Waals surface area contributed by atoms with Crippen LogP contribution in [0.5, 0.6) is 0 Å². The van der Waals surface area contributed by atoms with Gasteiger partial charge in [-0.15, -0.1) is 0 Å². The molecule has 8 N–H and O–H groups in total. The monoisotopic (exact) mass is 334 g/mol. The first kappa shape index (κ1) is 20.8. The molecular formula is C12H22N4O7. The molecule has 0 aromatic heterocycles. The first-order valence-electron chi connectivity index (χ1n) is 6.74. The molecule has 0 aliphatic carbocycles. The van der Waals surface area contributed by atoms with Gasteiger partial charge in [0.15, 0.2) is 6.04 Å². The number of carboxylic acid groups (broad SMARTS) is 1. The van der Waals surface area contributed by atoms with Crippen molar-refractivity contribution in [3.63, 3.8) is 0 Å². The SMILES string of the molecule is CC(O)C(N)C(=O)NCC(=O)NCC(=O)NC(C(=O)O)C(C)O. The molecule has 11 nitrogen and oxygen atoms in total. The van der Waals surface area contributed by atoms with Gasteiger partial charge in [0.2, 0.25) is 17.7 Å². The molecule has 0 saturated carbocycles. The van der Waals surface area contributed by atoms with E-state index >= 15 is 0 Å². The zero-order valence-corrected chi connectivity index (χ0v) is 12.8. The Bertz CT molecular complexity index is 453. The van der Waals surface area contributed by atoms with Crippen molar-refractivity contribution in [2.75, 3.05) is 13.1 Å². The number of carbonyl (C=O) groups is 4. The third-order valence-electron chi connectivity index (χ3n) is 2.76. The minimum absolute atomic E-state index is 0.467. The highest BCUT2D eigenvalue weighted by atomic mass is 16.4. The summed E-state index contributed by atoms with van der Waals surface area (Å²) in [5.74, 6) is -3.69. The molecule has 0 saturated heterocycles. The number of hydrogen-bond donors (Lipinski definition) is 7. The van der Waals surface area contributed by atoms with Crippen LogP contribution in [0.4, 0.5) is 0 Å². The summed E-state index contributed by atoms with van der Waals surface area (Å²) >= 11 is 0. The highest BCUT2D eigenvalue weighted by molar-refractivity contribution is 5.90. The molecule has 4 atom stereocenters. The molecule has 0 aromatic rings. The van der Waals surface area contributed by atoms with Crippen LogP contribution >= 0.6 is 0 Å². The Morgan fingerprint density at radius 1 is 0.957 bits per heavy atom. The summed E-state index contributed by atoms with van der Waals surface area (Å²) in [5.41, 5.74) is 5.34. The maximum absolute atomic E-state index is 11.5. The van der Waals surface area contributed by atoms with Gasteiger partial charge in [0.05, 0.1) is 25.3 Å². The molecule has 0 aliphatic rings. The van der Waals surface area contributed by atoms with Crippen LogP contribution in [0, 0.1) is 0 Å². The van der Waals surface area contributed by atoms with Gasteiger partial charge in [0, 0.05) is 0 Å². The molecule has 3 amide bonds. The highest BCUT2D eigenvalue weighted by Gasteiger charge is 2.25. The van der Waals surface area contributed by atoms with E-state index in [1.165, 1.54) is 13.8 Å². The third-order valence-corrected chi connectivity index (χ3v) is 2.76. The lowest BCUT2D eigenvalue weighted by molar-refractivity contribution is -0.144. The summed E-state index contributed by atoms with van der Waals surface area (Å²) in [7, 11) is 0. The van der Waals surface area contributed by atoms with E-state index in [4.69, 9.17) is 15.9 Å². The molecule has 0 fully saturated rings. The predicted molar refractivity (Wildman–Crippen MR) is 76.9 cm³/mol. The number of hydrogen-bond acceptors (Lipinski definition) is 7. The molecular weight excluding hydrogens is 312 g/mol. The van der Waals surface area contributed by atoms with Gasteiger partial charge in [-0.05, 0) is 13.8 Å². The summed E-state index contributed by atoms with van der Waals surface area (Å²) in [4.78, 5) is 45.0. The van der Waals surface area contributed by atoms with E-state index < -0.39 is 61.1 Å². The molecule has 23 heavy (non-hydrogen) atoms. The van der Waals surface area contributed by atoms with Crippen LogP contribution < -0.4 is 21.7 Å². The van der Waals surface area contributed by atoms with E-state index in [2.05, 4.69) is 10.6 Å². The number of carbonyl (C=O) groups excluding carboxylic acids is 3. The van der Waals surface area contributed by atoms with Gasteiger partial charge < -0.3 is 37.0 Å². The number of aliphatic hydroxyl groups excluding tert-OH is 2. The molecule has 4 unspecified atom stereocenters. The summed E-state index contributed by atoms with van der Waals surface area (Å²) in [6, 6.07) is -2.68. The Morgan fingerprint density at radius 2 is 1.48 bits per heavy atom. The minimum Gasteiger partial charge on any atom is -0.480 e. The number of aliphatic hydroxyl groups is 2. The molecule has 0 heterocycles. The molecule has 0 aliphatic heterocycles. The Kier molecular flexibility index (Phi) is 8.77. The molecule has 0 bridgehead atoms. The van der Waals surface area contributed by atoms with Gasteiger partial charge in [0.1, 0.15) is 6.04 Å². The van der Waals surface area contributed by atoms with E-state index in [0.717, 1.165) is 0 Å². The van der Waals surface area contributed by atoms with Crippen molar-refractivity contribution in [3.05, 3.63) is 0 Å². The van der Waals surface area contributed by atoms with E-state index in [0.29, 0.717) is 0 Å². The van der Waals surface area contributed by atoms with Gasteiger partial charge in [-0.25, -0.2) is 4.79 Å². The third kappa shape index (κ3) is 8.09. The number of aliphatic carboxylic acids is 1. The van der Waals surface area contributed by atoms with Crippen LogP contribution in [-0.4, -0.2) is 76.4 Å². The van der Waals surface area contributed by atoms with Crippen molar-refractivity contribution < 1.29 is 34.5 Å². The lowest BCUT2D eigenvalue weighted by Gasteiger charge is -2.17. The van der Waals surface area contributed by atoms with Crippen LogP contribution in [0.25, 0.3) is 0 Å². The van der Waals surface area contributed by atoms with E-state index in [9.17, 15) is 24.3 Å². The molecule has 0 radical (unpaired) electrons. The lowest BCUT2D eigenvalue weighted by Crippen LogP contribution is -2.52. The normalized spacial score (nSPS) is 15.7. The van der Waals surface area contributed by atoms with E-state index in [-0.39, 0.29) is 0 Å². The predicted octanol–water partition coefficient (Wildman–Crippen LogP) is -4.12. The maximum atomic E-state index is 11.5. The first-order valence-corrected chi connectivity index (χ1v) is 6.74. The molecule has 11 heteroatoms. The van der Waals surface area contributed by atoms with Crippen molar-refractivity contribution in [3.8, 4) is 0 Å². The van der Waals surface area contributed by atoms with Crippen LogP contribution in [0.15, 0.2) is 0 Å². The van der Waals surface area contributed by atoms with Gasteiger partial charge in [-0.2, -0.15) is 0 Å². The summed E-state index contributed by atoms with van der Waals surface area (Å²) in [5, 5.41) is 33.4. The van der Waals surface area contributed by atoms with Crippen molar-refractivity contribution in [1.29, 1.82) is 0 Å². The van der Waals surface area contributed by atoms with Crippen molar-refractivity contribution in [1.82, 2.24) is 16.0 Å². The zero-order valence-electron chi connectivity index (χ0n) is 12.8. The van der Waals surface area contributed by atoms with Crippen molar-refractivity contribution in [2.45, 2.75) is 38.1 Å². The molecule has 0 rings (SSSR count). The fourth-order valence-corrected chi connectivity index (χ4v) is 1.36. The van der Waals surface area contributed by atoms with Crippen molar-refractivity contribution >= 4 is 23.7 Å². The smallest absolute Gasteiger partial charge is 0.328 e. The maximum Gasteiger partial charge on any atom is 0.328 e. The Balaban J connectivity index is 4.17. The van der Waals surface area contributed by atoms with Gasteiger partial charge >= 0.3 is 5.97 Å². The topological polar surface area (TPSA) is 191 Å². The molecule has 0 aromatic carbocycles. The second-order valence-electron chi connectivity index (χ2n) is 4.88. The Morgan fingerprint density at radius 3 is 1.91 bits per heavy atom. The van der Waals surface area contributed by atoms with Crippen LogP contribution in [0.1, 0.15) is 13.8 Å². The van der Waals surface area contributed by atoms with Gasteiger partial charge in [0.25, 0.3) is 0 Å². The zero-order chi connectivity index (χ0) is 18.2. The largest absolute Gasteiger partial charge is 0.480 e. The van der Waals surface area contributed by atoms with Crippen LogP contribution in [0.3, 0.4) is 0 Å². The summed E-state index contributed by atoms with van der Waals surface area (Å²) < 4.78 is 0. The average Bonchev–Trinajstić information content (AvgIpc) is 2.46. The Hall–Kier alpha value is -2.24.